The Morgan fingerprint density at radius 2 is 2.12 bits per heavy atom. The summed E-state index contributed by atoms with van der Waals surface area (Å²) in [5.41, 5.74) is 1.27. The summed E-state index contributed by atoms with van der Waals surface area (Å²) in [4.78, 5) is 11.6. The summed E-state index contributed by atoms with van der Waals surface area (Å²) < 4.78 is 0. The molecule has 1 aliphatic rings. The molecule has 1 aromatic carbocycles. The summed E-state index contributed by atoms with van der Waals surface area (Å²) in [6.07, 6.45) is 8.14. The number of nitrogens with one attached hydrogen (secondary N) is 1. The maximum Gasteiger partial charge on any atom is 0.220 e. The van der Waals surface area contributed by atoms with Crippen molar-refractivity contribution in [1.82, 2.24) is 5.32 Å². The van der Waals surface area contributed by atoms with Crippen LogP contribution in [0.1, 0.15) is 24.8 Å². The Hall–Kier alpha value is -1.57. The van der Waals surface area contributed by atoms with Crippen LogP contribution >= 0.6 is 0 Å². The molecule has 1 atom stereocenters. The van der Waals surface area contributed by atoms with E-state index in [2.05, 4.69) is 29.6 Å². The van der Waals surface area contributed by atoms with Gasteiger partial charge in [-0.1, -0.05) is 42.5 Å². The van der Waals surface area contributed by atoms with Crippen molar-refractivity contribution in [3.8, 4) is 0 Å². The number of hydrogen-bond donors (Lipinski definition) is 1. The minimum Gasteiger partial charge on any atom is -0.356 e. The molecule has 0 saturated heterocycles. The molecule has 90 valence electrons. The molecule has 0 aliphatic heterocycles. The first-order valence-electron chi connectivity index (χ1n) is 6.32. The minimum absolute atomic E-state index is 0.178. The average Bonchev–Trinajstić information content (AvgIpc) is 2.83. The van der Waals surface area contributed by atoms with Crippen LogP contribution in [-0.4, -0.2) is 12.5 Å². The lowest BCUT2D eigenvalue weighted by Gasteiger charge is -2.08. The lowest BCUT2D eigenvalue weighted by Crippen LogP contribution is -2.26. The number of allylic oxidation sites excluding steroid dienone is 2. The minimum atomic E-state index is 0.178. The highest BCUT2D eigenvalue weighted by Gasteiger charge is 2.13. The molecule has 1 N–H and O–H groups in total. The molecule has 0 heterocycles. The molecule has 1 aromatic rings. The third-order valence-corrected chi connectivity index (χ3v) is 3.14. The summed E-state index contributed by atoms with van der Waals surface area (Å²) >= 11 is 0. The second kappa shape index (κ2) is 6.24. The Labute approximate surface area is 103 Å². The van der Waals surface area contributed by atoms with Crippen molar-refractivity contribution in [1.29, 1.82) is 0 Å². The summed E-state index contributed by atoms with van der Waals surface area (Å²) in [5, 5.41) is 2.99. The van der Waals surface area contributed by atoms with Crippen LogP contribution in [0.5, 0.6) is 0 Å². The van der Waals surface area contributed by atoms with Gasteiger partial charge in [-0.05, 0) is 30.7 Å². The van der Waals surface area contributed by atoms with Crippen LogP contribution in [0.3, 0.4) is 0 Å². The van der Waals surface area contributed by atoms with Gasteiger partial charge in [-0.2, -0.15) is 0 Å². The van der Waals surface area contributed by atoms with E-state index in [1.807, 2.05) is 18.2 Å². The molecule has 1 aliphatic carbocycles. The van der Waals surface area contributed by atoms with Gasteiger partial charge in [0.2, 0.25) is 5.91 Å². The monoisotopic (exact) mass is 229 g/mol. The molecule has 17 heavy (non-hydrogen) atoms. The number of benzene rings is 1. The lowest BCUT2D eigenvalue weighted by atomic mass is 10.1. The van der Waals surface area contributed by atoms with E-state index < -0.39 is 0 Å². The van der Waals surface area contributed by atoms with Crippen molar-refractivity contribution < 1.29 is 4.79 Å². The Morgan fingerprint density at radius 3 is 2.82 bits per heavy atom. The van der Waals surface area contributed by atoms with Gasteiger partial charge < -0.3 is 5.32 Å². The molecule has 0 spiro atoms. The van der Waals surface area contributed by atoms with Crippen molar-refractivity contribution in [3.05, 3.63) is 48.0 Å². The van der Waals surface area contributed by atoms with E-state index in [0.717, 1.165) is 25.8 Å². The number of carbonyl (C=O) groups is 1. The van der Waals surface area contributed by atoms with Crippen molar-refractivity contribution >= 4 is 5.91 Å². The van der Waals surface area contributed by atoms with Crippen LogP contribution in [0.15, 0.2) is 42.5 Å². The van der Waals surface area contributed by atoms with Gasteiger partial charge in [-0.25, -0.2) is 0 Å². The zero-order chi connectivity index (χ0) is 11.9. The molecule has 1 amide bonds. The fourth-order valence-corrected chi connectivity index (χ4v) is 2.17. The van der Waals surface area contributed by atoms with Crippen molar-refractivity contribution in [2.75, 3.05) is 6.54 Å². The van der Waals surface area contributed by atoms with Crippen LogP contribution < -0.4 is 5.32 Å². The summed E-state index contributed by atoms with van der Waals surface area (Å²) in [5.74, 6) is 0.643. The predicted molar refractivity (Wildman–Crippen MR) is 69.6 cm³/mol. The second-order valence-electron chi connectivity index (χ2n) is 4.56. The molecule has 0 bridgehead atoms. The molecule has 0 aromatic heterocycles. The zero-order valence-electron chi connectivity index (χ0n) is 10.1. The fraction of sp³-hybridized carbons (Fsp3) is 0.400. The van der Waals surface area contributed by atoms with Gasteiger partial charge in [-0.3, -0.25) is 4.79 Å². The SMILES string of the molecule is O=C(C[C@H]1C=CCC1)NCCc1ccccc1. The molecule has 0 fully saturated rings. The molecule has 2 nitrogen and oxygen atoms in total. The number of carbonyl (C=O) groups excluding carboxylic acids is 1. The molecule has 2 heteroatoms. The second-order valence-corrected chi connectivity index (χ2v) is 4.56. The highest BCUT2D eigenvalue weighted by molar-refractivity contribution is 5.76. The molecule has 0 unspecified atom stereocenters. The van der Waals surface area contributed by atoms with Crippen LogP contribution in [0, 0.1) is 5.92 Å². The van der Waals surface area contributed by atoms with E-state index in [1.165, 1.54) is 5.56 Å². The first-order valence-corrected chi connectivity index (χ1v) is 6.32. The fourth-order valence-electron chi connectivity index (χ4n) is 2.17. The van der Waals surface area contributed by atoms with Crippen molar-refractivity contribution in [2.45, 2.75) is 25.7 Å². The third-order valence-electron chi connectivity index (χ3n) is 3.14. The Balaban J connectivity index is 1.64. The Bertz CT molecular complexity index is 383. The zero-order valence-corrected chi connectivity index (χ0v) is 10.1. The van der Waals surface area contributed by atoms with E-state index in [-0.39, 0.29) is 5.91 Å². The summed E-state index contributed by atoms with van der Waals surface area (Å²) in [6.45, 7) is 0.735. The smallest absolute Gasteiger partial charge is 0.220 e. The Kier molecular flexibility index (Phi) is 4.37. The van der Waals surface area contributed by atoms with Crippen LogP contribution in [-0.2, 0) is 11.2 Å². The third kappa shape index (κ3) is 4.06. The topological polar surface area (TPSA) is 29.1 Å². The lowest BCUT2D eigenvalue weighted by molar-refractivity contribution is -0.121. The molecule has 2 rings (SSSR count). The number of hydrogen-bond acceptors (Lipinski definition) is 1. The van der Waals surface area contributed by atoms with Gasteiger partial charge in [0.05, 0.1) is 0 Å². The molecule has 0 saturated carbocycles. The molecular formula is C15H19NO. The summed E-state index contributed by atoms with van der Waals surface area (Å²) in [7, 11) is 0. The van der Waals surface area contributed by atoms with Gasteiger partial charge in [0, 0.05) is 13.0 Å². The summed E-state index contributed by atoms with van der Waals surface area (Å²) in [6, 6.07) is 10.2. The van der Waals surface area contributed by atoms with E-state index >= 15 is 0 Å². The van der Waals surface area contributed by atoms with Crippen LogP contribution in [0.25, 0.3) is 0 Å². The molecule has 0 radical (unpaired) electrons. The average molecular weight is 229 g/mol. The van der Waals surface area contributed by atoms with Crippen LogP contribution in [0.4, 0.5) is 0 Å². The quantitative estimate of drug-likeness (QED) is 0.773. The maximum atomic E-state index is 11.6. The van der Waals surface area contributed by atoms with Gasteiger partial charge in [0.15, 0.2) is 0 Å². The standard InChI is InChI=1S/C15H19NO/c17-15(12-14-8-4-5-9-14)16-11-10-13-6-2-1-3-7-13/h1-4,6-8,14H,5,9-12H2,(H,16,17)/t14-/m0/s1. The van der Waals surface area contributed by atoms with Gasteiger partial charge in [0.25, 0.3) is 0 Å². The highest BCUT2D eigenvalue weighted by atomic mass is 16.1. The van der Waals surface area contributed by atoms with E-state index in [4.69, 9.17) is 0 Å². The van der Waals surface area contributed by atoms with Crippen molar-refractivity contribution in [2.24, 2.45) is 5.92 Å². The Morgan fingerprint density at radius 1 is 1.29 bits per heavy atom. The number of rotatable bonds is 5. The van der Waals surface area contributed by atoms with E-state index in [1.54, 1.807) is 0 Å². The first kappa shape index (κ1) is 11.9. The predicted octanol–water partition coefficient (Wildman–Crippen LogP) is 2.70. The number of amides is 1. The normalized spacial score (nSPS) is 18.2. The van der Waals surface area contributed by atoms with Gasteiger partial charge >= 0.3 is 0 Å². The van der Waals surface area contributed by atoms with E-state index in [0.29, 0.717) is 12.3 Å². The van der Waals surface area contributed by atoms with Gasteiger partial charge in [0.1, 0.15) is 0 Å². The maximum absolute atomic E-state index is 11.6. The molecular weight excluding hydrogens is 210 g/mol. The first-order chi connectivity index (χ1) is 8.34. The van der Waals surface area contributed by atoms with Crippen molar-refractivity contribution in [3.63, 3.8) is 0 Å². The highest BCUT2D eigenvalue weighted by Crippen LogP contribution is 2.19. The van der Waals surface area contributed by atoms with Crippen LogP contribution in [0.2, 0.25) is 0 Å². The largest absolute Gasteiger partial charge is 0.356 e. The van der Waals surface area contributed by atoms with Gasteiger partial charge in [-0.15, -0.1) is 0 Å². The van der Waals surface area contributed by atoms with E-state index in [9.17, 15) is 4.79 Å².